The van der Waals surface area contributed by atoms with Gasteiger partial charge in [-0.1, -0.05) is 36.4 Å². The molecule has 1 aromatic carbocycles. The second kappa shape index (κ2) is 8.83. The third-order valence-corrected chi connectivity index (χ3v) is 8.06. The lowest BCUT2D eigenvalue weighted by Gasteiger charge is -2.48. The van der Waals surface area contributed by atoms with Gasteiger partial charge in [-0.05, 0) is 31.5 Å². The molecule has 0 N–H and O–H groups in total. The zero-order valence-corrected chi connectivity index (χ0v) is 20.3. The van der Waals surface area contributed by atoms with Crippen LogP contribution in [0.15, 0.2) is 60.1 Å². The van der Waals surface area contributed by atoms with Crippen LogP contribution >= 0.6 is 11.3 Å². The van der Waals surface area contributed by atoms with E-state index in [0.29, 0.717) is 32.5 Å². The minimum atomic E-state index is -0.724. The van der Waals surface area contributed by atoms with Crippen molar-refractivity contribution in [3.05, 3.63) is 82.1 Å². The number of thiazole rings is 1. The van der Waals surface area contributed by atoms with Crippen LogP contribution in [0, 0.1) is 6.92 Å². The number of aryl methyl sites for hydroxylation is 1. The summed E-state index contributed by atoms with van der Waals surface area (Å²) < 4.78 is 6.21. The molecule has 0 saturated carbocycles. The van der Waals surface area contributed by atoms with Crippen molar-refractivity contribution in [3.63, 3.8) is 0 Å². The third kappa shape index (κ3) is 3.86. The average Bonchev–Trinajstić information content (AvgIpc) is 3.35. The van der Waals surface area contributed by atoms with Crippen LogP contribution in [-0.4, -0.2) is 50.5 Å². The molecule has 2 aliphatic heterocycles. The molecule has 3 aromatic rings. The molecule has 0 aliphatic carbocycles. The van der Waals surface area contributed by atoms with Crippen LogP contribution in [0.3, 0.4) is 0 Å². The van der Waals surface area contributed by atoms with E-state index in [-0.39, 0.29) is 18.4 Å². The third-order valence-electron chi connectivity index (χ3n) is 7.23. The van der Waals surface area contributed by atoms with Crippen molar-refractivity contribution < 1.29 is 14.3 Å². The molecular weight excluding hydrogens is 448 g/mol. The van der Waals surface area contributed by atoms with Crippen LogP contribution in [-0.2, 0) is 28.0 Å². The minimum Gasteiger partial charge on any atom is -0.440 e. The number of nitrogens with zero attached hydrogens (tertiary/aromatic N) is 4. The Balaban J connectivity index is 1.41. The molecule has 1 unspecified atom stereocenters. The first-order valence-electron chi connectivity index (χ1n) is 11.6. The Morgan fingerprint density at radius 2 is 1.82 bits per heavy atom. The summed E-state index contributed by atoms with van der Waals surface area (Å²) >= 11 is 1.58. The Bertz CT molecular complexity index is 1180. The van der Waals surface area contributed by atoms with Gasteiger partial charge in [0.15, 0.2) is 0 Å². The number of pyridine rings is 1. The van der Waals surface area contributed by atoms with E-state index in [1.54, 1.807) is 17.5 Å². The molecule has 8 heteroatoms. The topological polar surface area (TPSA) is 75.6 Å². The van der Waals surface area contributed by atoms with Gasteiger partial charge in [-0.25, -0.2) is 9.78 Å². The molecule has 5 rings (SSSR count). The van der Waals surface area contributed by atoms with Gasteiger partial charge in [-0.2, -0.15) is 0 Å². The minimum absolute atomic E-state index is 0.0501. The first kappa shape index (κ1) is 22.5. The number of carbonyl (C=O) groups is 2. The standard InChI is InChI=1S/C26H28N4O3S/c1-19-28-22(18-34-19)17-30-24(32)33-26(25(30,2)20-8-4-3-5-9-20)11-14-29(15-12-26)23(31)16-21-10-6-7-13-27-21/h3-10,13,18H,11-12,14-17H2,1-2H3. The van der Waals surface area contributed by atoms with Crippen LogP contribution in [0.5, 0.6) is 0 Å². The smallest absolute Gasteiger partial charge is 0.411 e. The summed E-state index contributed by atoms with van der Waals surface area (Å²) in [5, 5.41) is 2.97. The van der Waals surface area contributed by atoms with Crippen molar-refractivity contribution in [1.29, 1.82) is 0 Å². The number of aromatic nitrogens is 2. The molecule has 4 heterocycles. The average molecular weight is 477 g/mol. The fraction of sp³-hybridized carbons (Fsp3) is 0.385. The number of amides is 2. The molecule has 1 spiro atoms. The Morgan fingerprint density at radius 3 is 2.47 bits per heavy atom. The van der Waals surface area contributed by atoms with Crippen LogP contribution in [0.1, 0.15) is 41.7 Å². The molecule has 0 bridgehead atoms. The molecule has 2 amide bonds. The first-order chi connectivity index (χ1) is 16.4. The van der Waals surface area contributed by atoms with Crippen molar-refractivity contribution in [2.45, 2.75) is 50.8 Å². The molecule has 7 nitrogen and oxygen atoms in total. The van der Waals surface area contributed by atoms with Gasteiger partial charge in [0.05, 0.1) is 23.7 Å². The lowest BCUT2D eigenvalue weighted by molar-refractivity contribution is -0.136. The fourth-order valence-electron chi connectivity index (χ4n) is 5.27. The normalized spacial score (nSPS) is 21.6. The first-order valence-corrected chi connectivity index (χ1v) is 12.4. The van der Waals surface area contributed by atoms with Crippen molar-refractivity contribution in [1.82, 2.24) is 19.8 Å². The number of rotatable bonds is 5. The Kier molecular flexibility index (Phi) is 5.85. The maximum absolute atomic E-state index is 13.3. The Hall–Kier alpha value is -3.26. The molecule has 1 atom stereocenters. The molecular formula is C26H28N4O3S. The van der Waals surface area contributed by atoms with Crippen molar-refractivity contribution in [3.8, 4) is 0 Å². The molecule has 0 radical (unpaired) electrons. The second-order valence-corrected chi connectivity index (χ2v) is 10.2. The number of carbonyl (C=O) groups excluding carboxylic acids is 2. The van der Waals surface area contributed by atoms with E-state index in [4.69, 9.17) is 4.74 Å². The van der Waals surface area contributed by atoms with Crippen LogP contribution in [0.25, 0.3) is 0 Å². The number of benzene rings is 1. The Morgan fingerprint density at radius 1 is 1.09 bits per heavy atom. The number of piperidine rings is 1. The van der Waals surface area contributed by atoms with E-state index >= 15 is 0 Å². The van der Waals surface area contributed by atoms with Gasteiger partial charge in [0.25, 0.3) is 0 Å². The SMILES string of the molecule is Cc1nc(CN2C(=O)OC3(CCN(C(=O)Cc4ccccn4)CC3)C2(C)c2ccccc2)cs1. The van der Waals surface area contributed by atoms with E-state index in [9.17, 15) is 9.59 Å². The van der Waals surface area contributed by atoms with E-state index in [0.717, 1.165) is 22.0 Å². The predicted molar refractivity (Wildman–Crippen MR) is 129 cm³/mol. The summed E-state index contributed by atoms with van der Waals surface area (Å²) in [4.78, 5) is 38.8. The fourth-order valence-corrected chi connectivity index (χ4v) is 5.88. The van der Waals surface area contributed by atoms with Crippen molar-refractivity contribution >= 4 is 23.3 Å². The van der Waals surface area contributed by atoms with Gasteiger partial charge in [-0.15, -0.1) is 11.3 Å². The summed E-state index contributed by atoms with van der Waals surface area (Å²) in [6.07, 6.45) is 2.80. The van der Waals surface area contributed by atoms with Gasteiger partial charge in [0, 0.05) is 43.2 Å². The highest BCUT2D eigenvalue weighted by molar-refractivity contribution is 7.09. The molecule has 2 saturated heterocycles. The lowest BCUT2D eigenvalue weighted by atomic mass is 9.70. The van der Waals surface area contributed by atoms with Gasteiger partial charge < -0.3 is 9.64 Å². The summed E-state index contributed by atoms with van der Waals surface area (Å²) in [7, 11) is 0. The van der Waals surface area contributed by atoms with Gasteiger partial charge in [0.1, 0.15) is 11.1 Å². The number of hydrogen-bond donors (Lipinski definition) is 0. The van der Waals surface area contributed by atoms with Crippen LogP contribution < -0.4 is 0 Å². The molecule has 176 valence electrons. The summed E-state index contributed by atoms with van der Waals surface area (Å²) in [6, 6.07) is 15.7. The van der Waals surface area contributed by atoms with Gasteiger partial charge in [0.2, 0.25) is 5.91 Å². The quantitative estimate of drug-likeness (QED) is 0.548. The highest BCUT2D eigenvalue weighted by Crippen LogP contribution is 2.52. The summed E-state index contributed by atoms with van der Waals surface area (Å²) in [5.41, 5.74) is 1.25. The van der Waals surface area contributed by atoms with E-state index < -0.39 is 11.1 Å². The molecule has 2 aliphatic rings. The van der Waals surface area contributed by atoms with Crippen molar-refractivity contribution in [2.75, 3.05) is 13.1 Å². The predicted octanol–water partition coefficient (Wildman–Crippen LogP) is 4.32. The van der Waals surface area contributed by atoms with Gasteiger partial charge >= 0.3 is 6.09 Å². The van der Waals surface area contributed by atoms with Crippen LogP contribution in [0.2, 0.25) is 0 Å². The second-order valence-electron chi connectivity index (χ2n) is 9.12. The maximum Gasteiger partial charge on any atom is 0.411 e. The molecule has 2 aromatic heterocycles. The molecule has 34 heavy (non-hydrogen) atoms. The zero-order valence-electron chi connectivity index (χ0n) is 19.4. The number of likely N-dealkylation sites (tertiary alicyclic amines) is 1. The van der Waals surface area contributed by atoms with Crippen molar-refractivity contribution in [2.24, 2.45) is 0 Å². The maximum atomic E-state index is 13.3. The molecule has 2 fully saturated rings. The van der Waals surface area contributed by atoms with Crippen LogP contribution in [0.4, 0.5) is 4.79 Å². The largest absolute Gasteiger partial charge is 0.440 e. The van der Waals surface area contributed by atoms with E-state index in [1.165, 1.54) is 0 Å². The Labute approximate surface area is 203 Å². The highest BCUT2D eigenvalue weighted by atomic mass is 32.1. The number of hydrogen-bond acceptors (Lipinski definition) is 6. The van der Waals surface area contributed by atoms with E-state index in [1.807, 2.05) is 58.5 Å². The summed E-state index contributed by atoms with van der Waals surface area (Å²) in [6.45, 7) is 5.51. The van der Waals surface area contributed by atoms with E-state index in [2.05, 4.69) is 29.0 Å². The summed E-state index contributed by atoms with van der Waals surface area (Å²) in [5.74, 6) is 0.0501. The van der Waals surface area contributed by atoms with Gasteiger partial charge in [-0.3, -0.25) is 14.7 Å². The lowest BCUT2D eigenvalue weighted by Crippen LogP contribution is -2.59. The monoisotopic (exact) mass is 476 g/mol. The number of ether oxygens (including phenoxy) is 1. The highest BCUT2D eigenvalue weighted by Gasteiger charge is 2.63. The zero-order chi connectivity index (χ0) is 23.8.